The van der Waals surface area contributed by atoms with Gasteiger partial charge in [0.2, 0.25) is 5.91 Å². The molecule has 0 bridgehead atoms. The van der Waals surface area contributed by atoms with E-state index in [1.54, 1.807) is 26.0 Å². The third-order valence-corrected chi connectivity index (χ3v) is 2.99. The monoisotopic (exact) mass is 307 g/mol. The molecule has 1 aliphatic rings. The number of rotatable bonds is 6. The summed E-state index contributed by atoms with van der Waals surface area (Å²) in [6.45, 7) is 4.91. The highest BCUT2D eigenvalue weighted by Gasteiger charge is 2.13. The summed E-state index contributed by atoms with van der Waals surface area (Å²) in [6, 6.07) is 5.44. The van der Waals surface area contributed by atoms with Crippen LogP contribution in [0.4, 0.5) is 0 Å². The lowest BCUT2D eigenvalue weighted by Crippen LogP contribution is -2.28. The van der Waals surface area contributed by atoms with Crippen LogP contribution in [0.5, 0.6) is 11.5 Å². The number of hydrogen-bond donors (Lipinski definition) is 1. The number of hydrogen-bond acceptors (Lipinski definition) is 5. The van der Waals surface area contributed by atoms with Crippen molar-refractivity contribution in [1.82, 2.24) is 5.32 Å². The standard InChI is InChI=1S/C16H21NO5/c1-11(2)22-16(19)5-6-17-15(18)10-12-3-4-13-14(9-12)21-8-7-20-13/h3-4,9,11H,5-8,10H2,1-2H3,(H,17,18). The van der Waals surface area contributed by atoms with E-state index >= 15 is 0 Å². The van der Waals surface area contributed by atoms with E-state index in [-0.39, 0.29) is 37.4 Å². The van der Waals surface area contributed by atoms with Crippen LogP contribution in [0, 0.1) is 0 Å². The maximum Gasteiger partial charge on any atom is 0.307 e. The first-order valence-corrected chi connectivity index (χ1v) is 7.39. The van der Waals surface area contributed by atoms with Crippen LogP contribution in [-0.4, -0.2) is 37.7 Å². The van der Waals surface area contributed by atoms with E-state index in [1.165, 1.54) is 0 Å². The quantitative estimate of drug-likeness (QED) is 0.805. The Morgan fingerprint density at radius 1 is 1.23 bits per heavy atom. The molecule has 0 unspecified atom stereocenters. The van der Waals surface area contributed by atoms with Gasteiger partial charge in [-0.2, -0.15) is 0 Å². The minimum absolute atomic E-state index is 0.138. The first-order chi connectivity index (χ1) is 10.5. The lowest BCUT2D eigenvalue weighted by Gasteiger charge is -2.18. The summed E-state index contributed by atoms with van der Waals surface area (Å²) in [5, 5.41) is 2.70. The highest BCUT2D eigenvalue weighted by molar-refractivity contribution is 5.79. The van der Waals surface area contributed by atoms with Gasteiger partial charge in [0, 0.05) is 6.54 Å². The molecule has 0 radical (unpaired) electrons. The molecule has 0 spiro atoms. The molecule has 1 aromatic carbocycles. The molecule has 1 aromatic rings. The van der Waals surface area contributed by atoms with Crippen LogP contribution in [0.3, 0.4) is 0 Å². The van der Waals surface area contributed by atoms with Gasteiger partial charge in [0.25, 0.3) is 0 Å². The zero-order valence-corrected chi connectivity index (χ0v) is 12.9. The minimum Gasteiger partial charge on any atom is -0.486 e. The fraction of sp³-hybridized carbons (Fsp3) is 0.500. The lowest BCUT2D eigenvalue weighted by molar-refractivity contribution is -0.147. The number of esters is 1. The van der Waals surface area contributed by atoms with Gasteiger partial charge >= 0.3 is 5.97 Å². The number of amides is 1. The van der Waals surface area contributed by atoms with Gasteiger partial charge in [-0.1, -0.05) is 6.07 Å². The lowest BCUT2D eigenvalue weighted by atomic mass is 10.1. The van der Waals surface area contributed by atoms with Crippen LogP contribution in [0.15, 0.2) is 18.2 Å². The first kappa shape index (κ1) is 16.1. The topological polar surface area (TPSA) is 73.9 Å². The van der Waals surface area contributed by atoms with Crippen molar-refractivity contribution in [3.63, 3.8) is 0 Å². The van der Waals surface area contributed by atoms with Crippen molar-refractivity contribution in [2.24, 2.45) is 0 Å². The predicted octanol–water partition coefficient (Wildman–Crippen LogP) is 1.46. The van der Waals surface area contributed by atoms with Crippen molar-refractivity contribution < 1.29 is 23.8 Å². The van der Waals surface area contributed by atoms with Gasteiger partial charge in [-0.05, 0) is 31.5 Å². The van der Waals surface area contributed by atoms with Gasteiger partial charge in [-0.25, -0.2) is 0 Å². The molecule has 0 aromatic heterocycles. The van der Waals surface area contributed by atoms with E-state index < -0.39 is 0 Å². The Labute approximate surface area is 129 Å². The molecular weight excluding hydrogens is 286 g/mol. The van der Waals surface area contributed by atoms with E-state index in [0.29, 0.717) is 24.7 Å². The Kier molecular flexibility index (Phi) is 5.63. The van der Waals surface area contributed by atoms with Gasteiger partial charge in [0.15, 0.2) is 11.5 Å². The fourth-order valence-electron chi connectivity index (χ4n) is 2.07. The molecule has 2 rings (SSSR count). The van der Waals surface area contributed by atoms with Crippen LogP contribution >= 0.6 is 0 Å². The average molecular weight is 307 g/mol. The number of ether oxygens (including phenoxy) is 3. The Morgan fingerprint density at radius 3 is 2.68 bits per heavy atom. The molecule has 22 heavy (non-hydrogen) atoms. The maximum atomic E-state index is 11.8. The van der Waals surface area contributed by atoms with E-state index in [4.69, 9.17) is 14.2 Å². The second-order valence-corrected chi connectivity index (χ2v) is 5.29. The first-order valence-electron chi connectivity index (χ1n) is 7.39. The summed E-state index contributed by atoms with van der Waals surface area (Å²) < 4.78 is 15.9. The predicted molar refractivity (Wildman–Crippen MR) is 80.0 cm³/mol. The van der Waals surface area contributed by atoms with Crippen LogP contribution < -0.4 is 14.8 Å². The molecule has 0 aliphatic carbocycles. The largest absolute Gasteiger partial charge is 0.486 e. The Morgan fingerprint density at radius 2 is 1.95 bits per heavy atom. The summed E-state index contributed by atoms with van der Waals surface area (Å²) >= 11 is 0. The summed E-state index contributed by atoms with van der Waals surface area (Å²) in [7, 11) is 0. The maximum absolute atomic E-state index is 11.8. The summed E-state index contributed by atoms with van der Waals surface area (Å²) in [6.07, 6.45) is 0.266. The molecule has 0 saturated carbocycles. The summed E-state index contributed by atoms with van der Waals surface area (Å²) in [5.74, 6) is 0.910. The van der Waals surface area contributed by atoms with Crippen LogP contribution in [0.2, 0.25) is 0 Å². The van der Waals surface area contributed by atoms with Gasteiger partial charge in [0.05, 0.1) is 18.9 Å². The summed E-state index contributed by atoms with van der Waals surface area (Å²) in [4.78, 5) is 23.2. The highest BCUT2D eigenvalue weighted by Crippen LogP contribution is 2.30. The number of benzene rings is 1. The third-order valence-electron chi connectivity index (χ3n) is 2.99. The highest BCUT2D eigenvalue weighted by atomic mass is 16.6. The Bertz CT molecular complexity index is 541. The van der Waals surface area contributed by atoms with E-state index in [9.17, 15) is 9.59 Å². The number of fused-ring (bicyclic) bond motifs is 1. The molecule has 1 N–H and O–H groups in total. The molecule has 0 atom stereocenters. The van der Waals surface area contributed by atoms with Crippen molar-refractivity contribution in [1.29, 1.82) is 0 Å². The smallest absolute Gasteiger partial charge is 0.307 e. The zero-order valence-electron chi connectivity index (χ0n) is 12.9. The van der Waals surface area contributed by atoms with Crippen LogP contribution in [0.25, 0.3) is 0 Å². The second-order valence-electron chi connectivity index (χ2n) is 5.29. The van der Waals surface area contributed by atoms with Gasteiger partial charge in [0.1, 0.15) is 13.2 Å². The van der Waals surface area contributed by atoms with Crippen molar-refractivity contribution >= 4 is 11.9 Å². The molecule has 6 nitrogen and oxygen atoms in total. The molecule has 120 valence electrons. The minimum atomic E-state index is -0.311. The van der Waals surface area contributed by atoms with Crippen molar-refractivity contribution in [2.75, 3.05) is 19.8 Å². The Hall–Kier alpha value is -2.24. The third kappa shape index (κ3) is 4.95. The molecule has 1 aliphatic heterocycles. The zero-order chi connectivity index (χ0) is 15.9. The Balaban J connectivity index is 1.76. The van der Waals surface area contributed by atoms with Gasteiger partial charge < -0.3 is 19.5 Å². The molecule has 1 amide bonds. The number of carbonyl (C=O) groups is 2. The van der Waals surface area contributed by atoms with Gasteiger partial charge in [-0.15, -0.1) is 0 Å². The number of carbonyl (C=O) groups excluding carboxylic acids is 2. The van der Waals surface area contributed by atoms with Crippen LogP contribution in [0.1, 0.15) is 25.8 Å². The SMILES string of the molecule is CC(C)OC(=O)CCNC(=O)Cc1ccc2c(c1)OCCO2. The molecular formula is C16H21NO5. The summed E-state index contributed by atoms with van der Waals surface area (Å²) in [5.41, 5.74) is 0.839. The molecule has 0 saturated heterocycles. The molecule has 1 heterocycles. The van der Waals surface area contributed by atoms with E-state index in [0.717, 1.165) is 5.56 Å². The van der Waals surface area contributed by atoms with Crippen molar-refractivity contribution in [3.05, 3.63) is 23.8 Å². The molecule has 0 fully saturated rings. The normalized spacial score (nSPS) is 12.9. The van der Waals surface area contributed by atoms with Crippen molar-refractivity contribution in [3.8, 4) is 11.5 Å². The van der Waals surface area contributed by atoms with E-state index in [2.05, 4.69) is 5.32 Å². The fourth-order valence-corrected chi connectivity index (χ4v) is 2.07. The van der Waals surface area contributed by atoms with E-state index in [1.807, 2.05) is 6.07 Å². The number of nitrogens with one attached hydrogen (secondary N) is 1. The average Bonchev–Trinajstić information content (AvgIpc) is 2.46. The molecule has 6 heteroatoms. The van der Waals surface area contributed by atoms with Crippen LogP contribution in [-0.2, 0) is 20.7 Å². The second kappa shape index (κ2) is 7.68. The van der Waals surface area contributed by atoms with Gasteiger partial charge in [-0.3, -0.25) is 9.59 Å². The van der Waals surface area contributed by atoms with Crippen molar-refractivity contribution in [2.45, 2.75) is 32.8 Å².